The van der Waals surface area contributed by atoms with E-state index in [0.717, 1.165) is 64.7 Å². The van der Waals surface area contributed by atoms with Gasteiger partial charge in [-0.25, -0.2) is 8.78 Å². The molecule has 4 aliphatic heterocycles. The van der Waals surface area contributed by atoms with Crippen LogP contribution in [0.5, 0.6) is 6.01 Å². The molecular weight excluding hydrogens is 522 g/mol. The fourth-order valence-electron chi connectivity index (χ4n) is 8.05. The molecule has 0 radical (unpaired) electrons. The average molecular weight is 557 g/mol. The highest BCUT2D eigenvalue weighted by atomic mass is 19.1. The third-order valence-corrected chi connectivity index (χ3v) is 10.0. The maximum atomic E-state index is 16.6. The van der Waals surface area contributed by atoms with Crippen molar-refractivity contribution in [3.05, 3.63) is 54.2 Å². The zero-order chi connectivity index (χ0) is 27.7. The van der Waals surface area contributed by atoms with E-state index < -0.39 is 11.6 Å². The first-order valence-electron chi connectivity index (χ1n) is 15.0. The monoisotopic (exact) mass is 556 g/mol. The molecule has 7 nitrogen and oxygen atoms in total. The Balaban J connectivity index is 1.27. The van der Waals surface area contributed by atoms with Gasteiger partial charge in [0.2, 0.25) is 0 Å². The second-order valence-corrected chi connectivity index (χ2v) is 12.3. The molecule has 0 spiro atoms. The van der Waals surface area contributed by atoms with Crippen LogP contribution in [0.3, 0.4) is 0 Å². The van der Waals surface area contributed by atoms with Crippen molar-refractivity contribution in [2.45, 2.75) is 69.2 Å². The smallest absolute Gasteiger partial charge is 0.319 e. The van der Waals surface area contributed by atoms with Crippen molar-refractivity contribution in [3.8, 4) is 17.3 Å². The van der Waals surface area contributed by atoms with Gasteiger partial charge in [0.25, 0.3) is 0 Å². The van der Waals surface area contributed by atoms with Crippen molar-refractivity contribution in [3.63, 3.8) is 0 Å². The van der Waals surface area contributed by atoms with E-state index in [9.17, 15) is 0 Å². The summed E-state index contributed by atoms with van der Waals surface area (Å²) in [5.41, 5.74) is 0.625. The summed E-state index contributed by atoms with van der Waals surface area (Å²) < 4.78 is 38.2. The third kappa shape index (κ3) is 4.00. The van der Waals surface area contributed by atoms with E-state index in [4.69, 9.17) is 14.7 Å². The molecule has 9 heteroatoms. The molecule has 2 aromatic heterocycles. The summed E-state index contributed by atoms with van der Waals surface area (Å²) in [5.74, 6) is -0.335. The van der Waals surface area contributed by atoms with Gasteiger partial charge in [-0.05, 0) is 70.0 Å². The van der Waals surface area contributed by atoms with Crippen molar-refractivity contribution >= 4 is 27.5 Å². The number of pyridine rings is 1. The maximum Gasteiger partial charge on any atom is 0.319 e. The fraction of sp³-hybridized carbons (Fsp3) is 0.469. The normalized spacial score (nSPS) is 24.3. The van der Waals surface area contributed by atoms with Crippen LogP contribution >= 0.6 is 0 Å². The molecule has 41 heavy (non-hydrogen) atoms. The predicted octanol–water partition coefficient (Wildman–Crippen LogP) is 5.46. The topological polar surface area (TPSA) is 66.4 Å². The van der Waals surface area contributed by atoms with Gasteiger partial charge in [0.15, 0.2) is 5.82 Å². The molecule has 1 N–H and O–H groups in total. The summed E-state index contributed by atoms with van der Waals surface area (Å²) in [5, 5.41) is 5.25. The van der Waals surface area contributed by atoms with Crippen LogP contribution in [0, 0.1) is 11.6 Å². The second kappa shape index (κ2) is 9.56. The molecule has 8 rings (SSSR count). The molecular formula is C32H34F2N6O. The molecule has 6 heterocycles. The lowest BCUT2D eigenvalue weighted by Crippen LogP contribution is -2.51. The number of hydrogen-bond donors (Lipinski definition) is 1. The van der Waals surface area contributed by atoms with E-state index in [0.29, 0.717) is 39.6 Å². The number of nitrogens with one attached hydrogen (secondary N) is 1. The number of piperazine rings is 1. The van der Waals surface area contributed by atoms with Crippen molar-refractivity contribution in [1.29, 1.82) is 0 Å². The molecule has 2 bridgehead atoms. The van der Waals surface area contributed by atoms with E-state index in [-0.39, 0.29) is 28.9 Å². The summed E-state index contributed by atoms with van der Waals surface area (Å²) in [7, 11) is 0. The second-order valence-electron chi connectivity index (χ2n) is 12.3. The molecule has 4 aliphatic rings. The van der Waals surface area contributed by atoms with E-state index in [1.165, 1.54) is 6.07 Å². The lowest BCUT2D eigenvalue weighted by atomic mass is 9.88. The lowest BCUT2D eigenvalue weighted by Gasteiger charge is -2.37. The maximum absolute atomic E-state index is 16.6. The van der Waals surface area contributed by atoms with Crippen LogP contribution < -0.4 is 15.0 Å². The molecule has 3 atom stereocenters. The zero-order valence-corrected chi connectivity index (χ0v) is 23.2. The van der Waals surface area contributed by atoms with E-state index in [1.807, 2.05) is 12.1 Å². The van der Waals surface area contributed by atoms with E-state index >= 15 is 8.78 Å². The molecule has 3 unspecified atom stereocenters. The first-order chi connectivity index (χ1) is 20.0. The van der Waals surface area contributed by atoms with Crippen molar-refractivity contribution < 1.29 is 13.5 Å². The summed E-state index contributed by atoms with van der Waals surface area (Å²) in [6.07, 6.45) is 8.25. The number of hydrogen-bond acceptors (Lipinski definition) is 7. The van der Waals surface area contributed by atoms with Crippen LogP contribution in [0.4, 0.5) is 14.6 Å². The van der Waals surface area contributed by atoms with Crippen LogP contribution in [0.15, 0.2) is 42.6 Å². The Morgan fingerprint density at radius 2 is 1.73 bits per heavy atom. The SMILES string of the molecule is CC(Oc1nc(N2CC3CCC(C2)N3)c2cnc(-c3cccc4cccc(F)c34)c(F)c2n1)C12CCCN1CCC2. The Bertz CT molecular complexity index is 1640. The van der Waals surface area contributed by atoms with E-state index in [1.54, 1.807) is 24.4 Å². The number of fused-ring (bicyclic) bond motifs is 5. The van der Waals surface area contributed by atoms with Crippen LogP contribution in [-0.2, 0) is 0 Å². The molecule has 212 valence electrons. The highest BCUT2D eigenvalue weighted by Gasteiger charge is 2.49. The molecule has 4 saturated heterocycles. The standard InChI is InChI=1S/C32H34F2N6O/c1-19(32-12-4-14-40(32)15-5-13-32)41-31-37-29-24(30(38-31)39-17-21-10-11-22(18-39)36-21)16-35-28(27(29)34)23-8-2-6-20-7-3-9-25(33)26(20)23/h2-3,6-9,16,19,21-22,36H,4-5,10-15,17-18H2,1H3. The lowest BCUT2D eigenvalue weighted by molar-refractivity contribution is 0.0407. The first-order valence-corrected chi connectivity index (χ1v) is 15.0. The highest BCUT2D eigenvalue weighted by Crippen LogP contribution is 2.43. The number of aromatic nitrogens is 3. The molecule has 0 saturated carbocycles. The quantitative estimate of drug-likeness (QED) is 0.350. The Morgan fingerprint density at radius 3 is 2.49 bits per heavy atom. The minimum absolute atomic E-state index is 0.0188. The average Bonchev–Trinajstić information content (AvgIpc) is 3.67. The van der Waals surface area contributed by atoms with Crippen LogP contribution in [-0.4, -0.2) is 69.8 Å². The minimum atomic E-state index is -0.584. The Morgan fingerprint density at radius 1 is 1.00 bits per heavy atom. The van der Waals surface area contributed by atoms with Crippen LogP contribution in [0.25, 0.3) is 32.9 Å². The Labute approximate surface area is 237 Å². The number of ether oxygens (including phenoxy) is 1. The summed E-state index contributed by atoms with van der Waals surface area (Å²) in [6, 6.07) is 11.2. The van der Waals surface area contributed by atoms with Gasteiger partial charge in [0.05, 0.1) is 10.9 Å². The Hall–Kier alpha value is -3.43. The molecule has 4 aromatic rings. The highest BCUT2D eigenvalue weighted by molar-refractivity contribution is 5.99. The molecule has 4 fully saturated rings. The van der Waals surface area contributed by atoms with Gasteiger partial charge in [-0.3, -0.25) is 9.88 Å². The predicted molar refractivity (Wildman–Crippen MR) is 155 cm³/mol. The number of nitrogens with zero attached hydrogens (tertiary/aromatic N) is 5. The van der Waals surface area contributed by atoms with Crippen molar-refractivity contribution in [2.24, 2.45) is 0 Å². The van der Waals surface area contributed by atoms with Crippen LogP contribution in [0.1, 0.15) is 45.4 Å². The molecule has 0 amide bonds. The largest absolute Gasteiger partial charge is 0.458 e. The van der Waals surface area contributed by atoms with Crippen molar-refractivity contribution in [1.82, 2.24) is 25.2 Å². The summed E-state index contributed by atoms with van der Waals surface area (Å²) >= 11 is 0. The third-order valence-electron chi connectivity index (χ3n) is 10.0. The van der Waals surface area contributed by atoms with E-state index in [2.05, 4.69) is 27.0 Å². The molecule has 2 aromatic carbocycles. The van der Waals surface area contributed by atoms with Crippen molar-refractivity contribution in [2.75, 3.05) is 31.1 Å². The number of benzene rings is 2. The molecule has 0 aliphatic carbocycles. The minimum Gasteiger partial charge on any atom is -0.458 e. The summed E-state index contributed by atoms with van der Waals surface area (Å²) in [6.45, 7) is 5.86. The van der Waals surface area contributed by atoms with Crippen LogP contribution in [0.2, 0.25) is 0 Å². The van der Waals surface area contributed by atoms with Gasteiger partial charge >= 0.3 is 6.01 Å². The van der Waals surface area contributed by atoms with Gasteiger partial charge in [0, 0.05) is 42.3 Å². The zero-order valence-electron chi connectivity index (χ0n) is 23.2. The number of anilines is 1. The first kappa shape index (κ1) is 25.3. The van der Waals surface area contributed by atoms with Gasteiger partial charge < -0.3 is 15.0 Å². The fourth-order valence-corrected chi connectivity index (χ4v) is 8.05. The van der Waals surface area contributed by atoms with Gasteiger partial charge in [0.1, 0.15) is 28.9 Å². The summed E-state index contributed by atoms with van der Waals surface area (Å²) in [4.78, 5) is 19.0. The number of halogens is 2. The van der Waals surface area contributed by atoms with Gasteiger partial charge in [-0.1, -0.05) is 30.3 Å². The van der Waals surface area contributed by atoms with Gasteiger partial charge in [-0.2, -0.15) is 9.97 Å². The van der Waals surface area contributed by atoms with Gasteiger partial charge in [-0.15, -0.1) is 0 Å². The number of rotatable bonds is 5. The Kier molecular flexibility index (Phi) is 5.90.